The third-order valence-electron chi connectivity index (χ3n) is 11.3. The Kier molecular flexibility index (Phi) is 7.53. The number of para-hydroxylation sites is 3. The minimum absolute atomic E-state index is 1.08. The van der Waals surface area contributed by atoms with Gasteiger partial charge in [0.05, 0.1) is 16.7 Å². The molecule has 0 aliphatic carbocycles. The lowest BCUT2D eigenvalue weighted by molar-refractivity contribution is 1.17. The number of aromatic nitrogens is 1. The average Bonchev–Trinajstić information content (AvgIpc) is 3.61. The van der Waals surface area contributed by atoms with Crippen molar-refractivity contribution in [3.63, 3.8) is 0 Å². The average molecular weight is 713 g/mol. The van der Waals surface area contributed by atoms with Crippen molar-refractivity contribution in [1.82, 2.24) is 4.57 Å². The van der Waals surface area contributed by atoms with Gasteiger partial charge in [-0.3, -0.25) is 0 Å². The second-order valence-electron chi connectivity index (χ2n) is 14.5. The molecule has 10 aromatic carbocycles. The molecule has 0 bridgehead atoms. The lowest BCUT2D eigenvalue weighted by Crippen LogP contribution is -2.12. The fourth-order valence-corrected chi connectivity index (χ4v) is 8.76. The van der Waals surface area contributed by atoms with E-state index in [1.54, 1.807) is 0 Å². The van der Waals surface area contributed by atoms with Gasteiger partial charge in [0, 0.05) is 33.4 Å². The monoisotopic (exact) mass is 712 g/mol. The van der Waals surface area contributed by atoms with Crippen molar-refractivity contribution in [3.05, 3.63) is 218 Å². The number of rotatable bonds is 6. The molecule has 0 radical (unpaired) electrons. The van der Waals surface area contributed by atoms with Gasteiger partial charge in [-0.25, -0.2) is 0 Å². The Balaban J connectivity index is 1.20. The van der Waals surface area contributed by atoms with E-state index in [0.29, 0.717) is 0 Å². The Hall–Kier alpha value is -7.42. The van der Waals surface area contributed by atoms with E-state index in [9.17, 15) is 0 Å². The number of hydrogen-bond donors (Lipinski definition) is 0. The number of nitrogens with zero attached hydrogens (tertiary/aromatic N) is 2. The first kappa shape index (κ1) is 32.0. The van der Waals surface area contributed by atoms with Gasteiger partial charge in [-0.1, -0.05) is 170 Å². The van der Waals surface area contributed by atoms with Crippen LogP contribution in [0, 0.1) is 0 Å². The molecule has 1 aromatic heterocycles. The molecule has 0 N–H and O–H groups in total. The van der Waals surface area contributed by atoms with Crippen LogP contribution in [-0.2, 0) is 0 Å². The first-order chi connectivity index (χ1) is 27.8. The van der Waals surface area contributed by atoms with Crippen LogP contribution < -0.4 is 4.90 Å². The summed E-state index contributed by atoms with van der Waals surface area (Å²) in [6.07, 6.45) is 0. The third kappa shape index (κ3) is 5.26. The summed E-state index contributed by atoms with van der Waals surface area (Å²) in [6, 6.07) is 79.6. The van der Waals surface area contributed by atoms with E-state index < -0.39 is 0 Å². The van der Waals surface area contributed by atoms with Crippen LogP contribution in [0.15, 0.2) is 218 Å². The number of anilines is 3. The minimum Gasteiger partial charge on any atom is -0.310 e. The molecule has 0 atom stereocenters. The van der Waals surface area contributed by atoms with Crippen molar-refractivity contribution in [1.29, 1.82) is 0 Å². The molecule has 0 amide bonds. The molecule has 0 spiro atoms. The van der Waals surface area contributed by atoms with E-state index in [4.69, 9.17) is 0 Å². The predicted molar refractivity (Wildman–Crippen MR) is 239 cm³/mol. The van der Waals surface area contributed by atoms with Crippen LogP contribution in [-0.4, -0.2) is 4.57 Å². The van der Waals surface area contributed by atoms with Gasteiger partial charge in [0.15, 0.2) is 0 Å². The molecular weight excluding hydrogens is 677 g/mol. The van der Waals surface area contributed by atoms with Crippen molar-refractivity contribution in [2.75, 3.05) is 4.90 Å². The quantitative estimate of drug-likeness (QED) is 0.156. The second-order valence-corrected chi connectivity index (χ2v) is 14.5. The molecule has 56 heavy (non-hydrogen) atoms. The second kappa shape index (κ2) is 13.2. The van der Waals surface area contributed by atoms with Crippen molar-refractivity contribution in [2.45, 2.75) is 0 Å². The van der Waals surface area contributed by atoms with E-state index in [1.165, 1.54) is 70.8 Å². The van der Waals surface area contributed by atoms with Crippen LogP contribution in [0.1, 0.15) is 0 Å². The third-order valence-corrected chi connectivity index (χ3v) is 11.3. The molecule has 0 unspecified atom stereocenters. The van der Waals surface area contributed by atoms with Crippen LogP contribution in [0.3, 0.4) is 0 Å². The SMILES string of the molecule is c1ccc(-c2cc(N(c3ccc4c(ccc5c6ccccc6ccc45)c3)c3ccccc3-c3ccccc3)cc(-n3c4ccccc4c4ccccc43)c2)cc1. The molecule has 0 aliphatic heterocycles. The fraction of sp³-hybridized carbons (Fsp3) is 0. The van der Waals surface area contributed by atoms with Crippen LogP contribution >= 0.6 is 0 Å². The Bertz CT molecular complexity index is 3200. The number of benzene rings is 10. The molecule has 0 saturated carbocycles. The summed E-state index contributed by atoms with van der Waals surface area (Å²) in [5.74, 6) is 0. The molecule has 1 heterocycles. The van der Waals surface area contributed by atoms with Gasteiger partial charge in [0.2, 0.25) is 0 Å². The Morgan fingerprint density at radius 1 is 0.304 bits per heavy atom. The van der Waals surface area contributed by atoms with Gasteiger partial charge < -0.3 is 9.47 Å². The highest BCUT2D eigenvalue weighted by Crippen LogP contribution is 2.45. The summed E-state index contributed by atoms with van der Waals surface area (Å²) in [6.45, 7) is 0. The molecule has 11 rings (SSSR count). The smallest absolute Gasteiger partial charge is 0.0541 e. The van der Waals surface area contributed by atoms with E-state index in [1.807, 2.05) is 0 Å². The Labute approximate surface area is 325 Å². The van der Waals surface area contributed by atoms with E-state index >= 15 is 0 Å². The van der Waals surface area contributed by atoms with Crippen molar-refractivity contribution in [3.8, 4) is 27.9 Å². The van der Waals surface area contributed by atoms with Crippen LogP contribution in [0.4, 0.5) is 17.1 Å². The molecule has 2 nitrogen and oxygen atoms in total. The highest BCUT2D eigenvalue weighted by atomic mass is 15.1. The van der Waals surface area contributed by atoms with Crippen molar-refractivity contribution < 1.29 is 0 Å². The highest BCUT2D eigenvalue weighted by molar-refractivity contribution is 6.18. The Morgan fingerprint density at radius 3 is 1.59 bits per heavy atom. The lowest BCUT2D eigenvalue weighted by Gasteiger charge is -2.29. The zero-order valence-corrected chi connectivity index (χ0v) is 30.7. The summed E-state index contributed by atoms with van der Waals surface area (Å²) >= 11 is 0. The normalized spacial score (nSPS) is 11.6. The maximum Gasteiger partial charge on any atom is 0.0541 e. The van der Waals surface area contributed by atoms with E-state index in [-0.39, 0.29) is 0 Å². The maximum absolute atomic E-state index is 2.45. The fourth-order valence-electron chi connectivity index (χ4n) is 8.76. The number of fused-ring (bicyclic) bond motifs is 8. The molecule has 2 heteroatoms. The minimum atomic E-state index is 1.08. The zero-order valence-electron chi connectivity index (χ0n) is 30.7. The van der Waals surface area contributed by atoms with Gasteiger partial charge in [0.25, 0.3) is 0 Å². The lowest BCUT2D eigenvalue weighted by atomic mass is 9.96. The van der Waals surface area contributed by atoms with Gasteiger partial charge in [-0.2, -0.15) is 0 Å². The van der Waals surface area contributed by atoms with Crippen molar-refractivity contribution in [2.24, 2.45) is 0 Å². The first-order valence-corrected chi connectivity index (χ1v) is 19.3. The summed E-state index contributed by atoms with van der Waals surface area (Å²) in [4.78, 5) is 2.45. The van der Waals surface area contributed by atoms with E-state index in [0.717, 1.165) is 28.3 Å². The molecule has 0 aliphatic rings. The van der Waals surface area contributed by atoms with Crippen LogP contribution in [0.25, 0.3) is 82.1 Å². The molecule has 11 aromatic rings. The van der Waals surface area contributed by atoms with Gasteiger partial charge in [-0.05, 0) is 97.5 Å². The highest BCUT2D eigenvalue weighted by Gasteiger charge is 2.21. The maximum atomic E-state index is 2.45. The summed E-state index contributed by atoms with van der Waals surface area (Å²) < 4.78 is 2.43. The zero-order chi connectivity index (χ0) is 37.0. The van der Waals surface area contributed by atoms with Gasteiger partial charge >= 0.3 is 0 Å². The van der Waals surface area contributed by atoms with Gasteiger partial charge in [0.1, 0.15) is 0 Å². The largest absolute Gasteiger partial charge is 0.310 e. The number of hydrogen-bond acceptors (Lipinski definition) is 1. The summed E-state index contributed by atoms with van der Waals surface area (Å²) in [7, 11) is 0. The topological polar surface area (TPSA) is 8.17 Å². The first-order valence-electron chi connectivity index (χ1n) is 19.3. The van der Waals surface area contributed by atoms with Gasteiger partial charge in [-0.15, -0.1) is 0 Å². The molecular formula is C54H36N2. The molecule has 0 fully saturated rings. The standard InChI is InChI=1S/C54H36N2/c1-3-15-37(16-4-1)41-34-43(36-44(35-41)56-53-25-13-10-22-50(53)51-23-11-14-26-54(51)56)55(52-24-12-9-21-47(52)38-17-5-2-6-18-38)42-29-32-46-40(33-42)28-31-48-45-20-8-7-19-39(45)27-30-49(46)48/h1-36H. The molecule has 0 saturated heterocycles. The van der Waals surface area contributed by atoms with Crippen LogP contribution in [0.2, 0.25) is 0 Å². The van der Waals surface area contributed by atoms with E-state index in [2.05, 4.69) is 228 Å². The van der Waals surface area contributed by atoms with Crippen molar-refractivity contribution >= 4 is 71.2 Å². The summed E-state index contributed by atoms with van der Waals surface area (Å²) in [5.41, 5.74) is 11.4. The molecule has 262 valence electrons. The Morgan fingerprint density at radius 2 is 0.857 bits per heavy atom. The summed E-state index contributed by atoms with van der Waals surface area (Å²) in [5, 5.41) is 10.0. The van der Waals surface area contributed by atoms with Crippen LogP contribution in [0.5, 0.6) is 0 Å². The predicted octanol–water partition coefficient (Wildman–Crippen LogP) is 15.0.